The number of carbonyl (C=O) groups excluding carboxylic acids is 1. The van der Waals surface area contributed by atoms with E-state index in [1.165, 1.54) is 19.3 Å². The normalized spacial score (nSPS) is 13.7. The summed E-state index contributed by atoms with van der Waals surface area (Å²) in [7, 11) is 1.59. The molecule has 2 aromatic carbocycles. The van der Waals surface area contributed by atoms with E-state index in [-0.39, 0.29) is 12.5 Å². The molecule has 142 valence electrons. The summed E-state index contributed by atoms with van der Waals surface area (Å²) < 4.78 is 10.7. The fraction of sp³-hybridized carbons (Fsp3) is 0.333. The van der Waals surface area contributed by atoms with Crippen molar-refractivity contribution in [3.05, 3.63) is 54.1 Å². The number of ether oxygens (including phenoxy) is 2. The van der Waals surface area contributed by atoms with Gasteiger partial charge in [-0.3, -0.25) is 4.79 Å². The molecule has 3 rings (SSSR count). The van der Waals surface area contributed by atoms with Gasteiger partial charge < -0.3 is 19.7 Å². The molecule has 0 aromatic heterocycles. The molecule has 0 unspecified atom stereocenters. The number of piperidine rings is 1. The molecule has 1 saturated heterocycles. The van der Waals surface area contributed by atoms with Crippen LogP contribution in [0.15, 0.2) is 48.5 Å². The smallest absolute Gasteiger partial charge is 0.262 e. The first kappa shape index (κ1) is 19.2. The summed E-state index contributed by atoms with van der Waals surface area (Å²) in [5.41, 5.74) is 1.69. The highest BCUT2D eigenvalue weighted by molar-refractivity contribution is 7.80. The molecule has 1 heterocycles. The predicted octanol–water partition coefficient (Wildman–Crippen LogP) is 3.87. The van der Waals surface area contributed by atoms with Crippen LogP contribution in [0.4, 0.5) is 5.69 Å². The molecule has 5 nitrogen and oxygen atoms in total. The van der Waals surface area contributed by atoms with Gasteiger partial charge in [0.1, 0.15) is 16.5 Å². The van der Waals surface area contributed by atoms with Crippen molar-refractivity contribution in [2.24, 2.45) is 0 Å². The van der Waals surface area contributed by atoms with E-state index in [4.69, 9.17) is 21.7 Å². The molecule has 0 radical (unpaired) electrons. The molecule has 2 aromatic rings. The van der Waals surface area contributed by atoms with Crippen molar-refractivity contribution in [3.63, 3.8) is 0 Å². The fourth-order valence-corrected chi connectivity index (χ4v) is 3.34. The van der Waals surface area contributed by atoms with E-state index >= 15 is 0 Å². The molecule has 0 bridgehead atoms. The summed E-state index contributed by atoms with van der Waals surface area (Å²) in [5, 5.41) is 2.79. The predicted molar refractivity (Wildman–Crippen MR) is 111 cm³/mol. The first-order valence-electron chi connectivity index (χ1n) is 9.12. The highest BCUT2D eigenvalue weighted by Crippen LogP contribution is 2.18. The highest BCUT2D eigenvalue weighted by atomic mass is 32.1. The summed E-state index contributed by atoms with van der Waals surface area (Å²) in [5.74, 6) is 1.10. The monoisotopic (exact) mass is 384 g/mol. The number of hydrogen-bond donors (Lipinski definition) is 1. The van der Waals surface area contributed by atoms with E-state index in [1.807, 2.05) is 36.4 Å². The molecule has 6 heteroatoms. The zero-order valence-corrected chi connectivity index (χ0v) is 16.3. The SMILES string of the molecule is COc1cccc(NC(=O)COc2ccc(C(=S)N3CCCCC3)cc2)c1. The maximum atomic E-state index is 12.1. The Labute approximate surface area is 165 Å². The molecule has 1 fully saturated rings. The average molecular weight is 385 g/mol. The van der Waals surface area contributed by atoms with Gasteiger partial charge in [-0.25, -0.2) is 0 Å². The number of amides is 1. The van der Waals surface area contributed by atoms with Crippen LogP contribution in [0, 0.1) is 0 Å². The number of nitrogens with one attached hydrogen (secondary N) is 1. The van der Waals surface area contributed by atoms with Crippen molar-refractivity contribution in [1.82, 2.24) is 4.90 Å². The summed E-state index contributed by atoms with van der Waals surface area (Å²) in [4.78, 5) is 15.2. The highest BCUT2D eigenvalue weighted by Gasteiger charge is 2.14. The van der Waals surface area contributed by atoms with E-state index < -0.39 is 0 Å². The van der Waals surface area contributed by atoms with E-state index in [1.54, 1.807) is 19.2 Å². The van der Waals surface area contributed by atoms with Crippen LogP contribution < -0.4 is 14.8 Å². The average Bonchev–Trinajstić information content (AvgIpc) is 2.73. The Balaban J connectivity index is 1.50. The third kappa shape index (κ3) is 5.44. The molecular formula is C21H24N2O3S. The molecular weight excluding hydrogens is 360 g/mol. The Hall–Kier alpha value is -2.60. The largest absolute Gasteiger partial charge is 0.497 e. The van der Waals surface area contributed by atoms with Gasteiger partial charge in [0.25, 0.3) is 5.91 Å². The zero-order valence-electron chi connectivity index (χ0n) is 15.4. The first-order valence-corrected chi connectivity index (χ1v) is 9.52. The van der Waals surface area contributed by atoms with E-state index in [0.717, 1.165) is 23.6 Å². The number of thiocarbonyl (C=S) groups is 1. The Morgan fingerprint density at radius 1 is 1.07 bits per heavy atom. The summed E-state index contributed by atoms with van der Waals surface area (Å²) in [6, 6.07) is 14.8. The molecule has 1 amide bonds. The number of methoxy groups -OCH3 is 1. The second-order valence-corrected chi connectivity index (χ2v) is 6.83. The van der Waals surface area contributed by atoms with Crippen LogP contribution in [-0.4, -0.2) is 42.6 Å². The van der Waals surface area contributed by atoms with Crippen LogP contribution in [0.1, 0.15) is 24.8 Å². The van der Waals surface area contributed by atoms with Gasteiger partial charge in [-0.2, -0.15) is 0 Å². The van der Waals surface area contributed by atoms with Gasteiger partial charge in [-0.1, -0.05) is 18.3 Å². The molecule has 1 aliphatic heterocycles. The van der Waals surface area contributed by atoms with Crippen molar-refractivity contribution in [2.75, 3.05) is 32.1 Å². The zero-order chi connectivity index (χ0) is 19.1. The standard InChI is InChI=1S/C21H24N2O3S/c1-25-19-7-5-6-17(14-19)22-20(24)15-26-18-10-8-16(9-11-18)21(27)23-12-3-2-4-13-23/h5-11,14H,2-4,12-13,15H2,1H3,(H,22,24). The van der Waals surface area contributed by atoms with E-state index in [9.17, 15) is 4.79 Å². The Morgan fingerprint density at radius 3 is 2.52 bits per heavy atom. The fourth-order valence-electron chi connectivity index (χ4n) is 3.02. The maximum Gasteiger partial charge on any atom is 0.262 e. The molecule has 0 atom stereocenters. The Morgan fingerprint density at radius 2 is 1.81 bits per heavy atom. The van der Waals surface area contributed by atoms with Crippen LogP contribution in [-0.2, 0) is 4.79 Å². The molecule has 1 aliphatic rings. The Bertz CT molecular complexity index is 786. The summed E-state index contributed by atoms with van der Waals surface area (Å²) in [6.07, 6.45) is 3.68. The minimum Gasteiger partial charge on any atom is -0.497 e. The molecule has 1 N–H and O–H groups in total. The lowest BCUT2D eigenvalue weighted by Crippen LogP contribution is -2.34. The van der Waals surface area contributed by atoms with Crippen LogP contribution in [0.2, 0.25) is 0 Å². The van der Waals surface area contributed by atoms with Crippen LogP contribution in [0.5, 0.6) is 11.5 Å². The number of anilines is 1. The lowest BCUT2D eigenvalue weighted by atomic mass is 10.1. The Kier molecular flexibility index (Phi) is 6.65. The maximum absolute atomic E-state index is 12.1. The van der Waals surface area contributed by atoms with E-state index in [2.05, 4.69) is 10.2 Å². The minimum atomic E-state index is -0.226. The van der Waals surface area contributed by atoms with Crippen molar-refractivity contribution < 1.29 is 14.3 Å². The first-order chi connectivity index (χ1) is 13.2. The van der Waals surface area contributed by atoms with Gasteiger partial charge in [0.2, 0.25) is 0 Å². The van der Waals surface area contributed by atoms with Crippen LogP contribution in [0.25, 0.3) is 0 Å². The van der Waals surface area contributed by atoms with Gasteiger partial charge in [0, 0.05) is 30.4 Å². The number of hydrogen-bond acceptors (Lipinski definition) is 4. The van der Waals surface area contributed by atoms with Crippen molar-refractivity contribution in [3.8, 4) is 11.5 Å². The number of benzene rings is 2. The van der Waals surface area contributed by atoms with Crippen molar-refractivity contribution >= 4 is 28.8 Å². The third-order valence-electron chi connectivity index (χ3n) is 4.47. The molecule has 0 aliphatic carbocycles. The van der Waals surface area contributed by atoms with Gasteiger partial charge >= 0.3 is 0 Å². The molecule has 0 spiro atoms. The van der Waals surface area contributed by atoms with Gasteiger partial charge in [-0.15, -0.1) is 0 Å². The molecule has 0 saturated carbocycles. The third-order valence-corrected chi connectivity index (χ3v) is 4.96. The number of rotatable bonds is 6. The number of carbonyl (C=O) groups is 1. The second-order valence-electron chi connectivity index (χ2n) is 6.45. The minimum absolute atomic E-state index is 0.0624. The summed E-state index contributed by atoms with van der Waals surface area (Å²) >= 11 is 5.59. The second kappa shape index (κ2) is 9.37. The van der Waals surface area contributed by atoms with Crippen molar-refractivity contribution in [1.29, 1.82) is 0 Å². The lowest BCUT2D eigenvalue weighted by molar-refractivity contribution is -0.118. The van der Waals surface area contributed by atoms with E-state index in [0.29, 0.717) is 17.2 Å². The summed E-state index contributed by atoms with van der Waals surface area (Å²) in [6.45, 7) is 2.00. The number of likely N-dealkylation sites (tertiary alicyclic amines) is 1. The topological polar surface area (TPSA) is 50.8 Å². The van der Waals surface area contributed by atoms with Gasteiger partial charge in [0.15, 0.2) is 6.61 Å². The quantitative estimate of drug-likeness (QED) is 0.766. The molecule has 27 heavy (non-hydrogen) atoms. The van der Waals surface area contributed by atoms with Crippen LogP contribution in [0.3, 0.4) is 0 Å². The van der Waals surface area contributed by atoms with Gasteiger partial charge in [-0.05, 0) is 55.7 Å². The van der Waals surface area contributed by atoms with Crippen LogP contribution >= 0.6 is 12.2 Å². The number of nitrogens with zero attached hydrogens (tertiary/aromatic N) is 1. The van der Waals surface area contributed by atoms with Gasteiger partial charge in [0.05, 0.1) is 7.11 Å². The van der Waals surface area contributed by atoms with Crippen molar-refractivity contribution in [2.45, 2.75) is 19.3 Å². The lowest BCUT2D eigenvalue weighted by Gasteiger charge is -2.29.